The summed E-state index contributed by atoms with van der Waals surface area (Å²) < 4.78 is 33.2. The summed E-state index contributed by atoms with van der Waals surface area (Å²) in [5, 5.41) is 10.9. The summed E-state index contributed by atoms with van der Waals surface area (Å²) >= 11 is 0. The fourth-order valence-corrected chi connectivity index (χ4v) is 4.12. The van der Waals surface area contributed by atoms with Gasteiger partial charge in [0, 0.05) is 36.9 Å². The zero-order valence-corrected chi connectivity index (χ0v) is 18.5. The van der Waals surface area contributed by atoms with Gasteiger partial charge in [-0.1, -0.05) is 18.2 Å². The standard InChI is InChI=1S/C24H25F2N3O4/c1-3-33-23(32)18-19(27-14(2)20(30)21(18)31)16-13-15-7-4-5-8-17(15)28-22(16)29-11-6-9-24(25,26)10-12-29/h4-5,7-8,13,30H,3,6,9-12H2,1-2H3,(H,27,31). The molecule has 0 atom stereocenters. The number of aromatic hydroxyl groups is 1. The molecule has 0 spiro atoms. The fraction of sp³-hybridized carbons (Fsp3) is 0.375. The number of carbonyl (C=O) groups is 1. The van der Waals surface area contributed by atoms with E-state index in [1.807, 2.05) is 24.3 Å². The smallest absolute Gasteiger partial charge is 0.344 e. The van der Waals surface area contributed by atoms with Crippen LogP contribution in [0.5, 0.6) is 5.75 Å². The number of para-hydroxylation sites is 1. The molecule has 7 nitrogen and oxygen atoms in total. The number of nitrogens with one attached hydrogen (secondary N) is 1. The number of pyridine rings is 2. The van der Waals surface area contributed by atoms with E-state index in [4.69, 9.17) is 9.72 Å². The van der Waals surface area contributed by atoms with Crippen molar-refractivity contribution < 1.29 is 23.4 Å². The summed E-state index contributed by atoms with van der Waals surface area (Å²) in [6.45, 7) is 3.58. The van der Waals surface area contributed by atoms with Crippen molar-refractivity contribution >= 4 is 22.7 Å². The summed E-state index contributed by atoms with van der Waals surface area (Å²) in [5.74, 6) is -3.83. The molecular formula is C24H25F2N3O4. The van der Waals surface area contributed by atoms with E-state index in [9.17, 15) is 23.5 Å². The third-order valence-electron chi connectivity index (χ3n) is 5.83. The minimum atomic E-state index is -2.76. The van der Waals surface area contributed by atoms with Crippen molar-refractivity contribution in [3.63, 3.8) is 0 Å². The Bertz CT molecular complexity index is 1270. The highest BCUT2D eigenvalue weighted by Crippen LogP contribution is 2.37. The summed E-state index contributed by atoms with van der Waals surface area (Å²) in [4.78, 5) is 35.1. The van der Waals surface area contributed by atoms with Crippen molar-refractivity contribution in [2.24, 2.45) is 0 Å². The molecule has 1 fully saturated rings. The normalized spacial score (nSPS) is 15.9. The third-order valence-corrected chi connectivity index (χ3v) is 5.83. The third kappa shape index (κ3) is 4.40. The van der Waals surface area contributed by atoms with Crippen LogP contribution in [0.1, 0.15) is 42.2 Å². The van der Waals surface area contributed by atoms with E-state index in [2.05, 4.69) is 4.98 Å². The minimum Gasteiger partial charge on any atom is -0.503 e. The molecule has 1 aliphatic rings. The second kappa shape index (κ2) is 8.80. The Hall–Kier alpha value is -3.49. The van der Waals surface area contributed by atoms with Crippen LogP contribution in [0, 0.1) is 6.92 Å². The first-order valence-electron chi connectivity index (χ1n) is 10.9. The Morgan fingerprint density at radius 2 is 2.03 bits per heavy atom. The van der Waals surface area contributed by atoms with E-state index in [0.717, 1.165) is 5.39 Å². The highest BCUT2D eigenvalue weighted by Gasteiger charge is 2.33. The molecule has 0 saturated carbocycles. The van der Waals surface area contributed by atoms with Crippen LogP contribution >= 0.6 is 0 Å². The number of halogens is 2. The fourth-order valence-electron chi connectivity index (χ4n) is 4.12. The van der Waals surface area contributed by atoms with Gasteiger partial charge in [0.2, 0.25) is 11.4 Å². The number of hydrogen-bond acceptors (Lipinski definition) is 6. The van der Waals surface area contributed by atoms with E-state index in [1.54, 1.807) is 17.9 Å². The molecule has 0 bridgehead atoms. The molecule has 0 amide bonds. The van der Waals surface area contributed by atoms with Gasteiger partial charge in [-0.05, 0) is 32.4 Å². The molecule has 3 heterocycles. The van der Waals surface area contributed by atoms with Gasteiger partial charge in [-0.25, -0.2) is 18.6 Å². The largest absolute Gasteiger partial charge is 0.503 e. The number of anilines is 1. The number of benzene rings is 1. The lowest BCUT2D eigenvalue weighted by Crippen LogP contribution is -2.28. The predicted molar refractivity (Wildman–Crippen MR) is 121 cm³/mol. The van der Waals surface area contributed by atoms with Crippen LogP contribution in [-0.2, 0) is 4.74 Å². The number of fused-ring (bicyclic) bond motifs is 1. The second-order valence-corrected chi connectivity index (χ2v) is 8.15. The molecule has 2 N–H and O–H groups in total. The van der Waals surface area contributed by atoms with Crippen LogP contribution in [-0.4, -0.2) is 46.7 Å². The molecule has 0 unspecified atom stereocenters. The minimum absolute atomic E-state index is 0.0381. The Morgan fingerprint density at radius 1 is 1.27 bits per heavy atom. The zero-order valence-electron chi connectivity index (χ0n) is 18.5. The van der Waals surface area contributed by atoms with Gasteiger partial charge in [0.1, 0.15) is 11.4 Å². The SMILES string of the molecule is CCOC(=O)c1c(-c2cc3ccccc3nc2N2CCCC(F)(F)CC2)[nH]c(C)c(O)c1=O. The average molecular weight is 457 g/mol. The number of aryl methyl sites for hydroxylation is 1. The van der Waals surface area contributed by atoms with Gasteiger partial charge < -0.3 is 19.7 Å². The first kappa shape index (κ1) is 22.7. The Labute approximate surface area is 189 Å². The second-order valence-electron chi connectivity index (χ2n) is 8.15. The molecule has 0 aliphatic carbocycles. The lowest BCUT2D eigenvalue weighted by atomic mass is 10.0. The molecule has 33 heavy (non-hydrogen) atoms. The van der Waals surface area contributed by atoms with E-state index in [0.29, 0.717) is 23.4 Å². The molecular weight excluding hydrogens is 432 g/mol. The monoisotopic (exact) mass is 457 g/mol. The number of aromatic nitrogens is 2. The van der Waals surface area contributed by atoms with Crippen molar-refractivity contribution in [3.8, 4) is 17.0 Å². The quantitative estimate of drug-likeness (QED) is 0.564. The van der Waals surface area contributed by atoms with Crippen LogP contribution in [0.2, 0.25) is 0 Å². The summed E-state index contributed by atoms with van der Waals surface area (Å²) in [5.41, 5.74) is 0.159. The van der Waals surface area contributed by atoms with Crippen LogP contribution < -0.4 is 10.3 Å². The molecule has 1 saturated heterocycles. The van der Waals surface area contributed by atoms with Crippen LogP contribution in [0.25, 0.3) is 22.2 Å². The van der Waals surface area contributed by atoms with Gasteiger partial charge in [0.05, 0.1) is 23.5 Å². The van der Waals surface area contributed by atoms with E-state index >= 15 is 0 Å². The highest BCUT2D eigenvalue weighted by molar-refractivity contribution is 6.00. The number of H-pyrrole nitrogens is 1. The van der Waals surface area contributed by atoms with Gasteiger partial charge >= 0.3 is 5.97 Å². The van der Waals surface area contributed by atoms with Gasteiger partial charge in [-0.15, -0.1) is 0 Å². The number of esters is 1. The first-order valence-corrected chi connectivity index (χ1v) is 10.9. The van der Waals surface area contributed by atoms with Crippen molar-refractivity contribution in [3.05, 3.63) is 51.8 Å². The molecule has 1 aliphatic heterocycles. The maximum absolute atomic E-state index is 14.1. The number of ether oxygens (including phenoxy) is 1. The number of alkyl halides is 2. The molecule has 0 radical (unpaired) electrons. The predicted octanol–water partition coefficient (Wildman–Crippen LogP) is 4.41. The van der Waals surface area contributed by atoms with Crippen molar-refractivity contribution in [1.29, 1.82) is 0 Å². The number of aromatic amines is 1. The molecule has 174 valence electrons. The summed E-state index contributed by atoms with van der Waals surface area (Å²) in [6.07, 6.45) is -0.261. The van der Waals surface area contributed by atoms with Crippen LogP contribution in [0.4, 0.5) is 14.6 Å². The average Bonchev–Trinajstić information content (AvgIpc) is 2.96. The summed E-state index contributed by atoms with van der Waals surface area (Å²) in [7, 11) is 0. The van der Waals surface area contributed by atoms with Crippen LogP contribution in [0.15, 0.2) is 35.1 Å². The van der Waals surface area contributed by atoms with Gasteiger partial charge in [-0.3, -0.25) is 4.79 Å². The Morgan fingerprint density at radius 3 is 2.79 bits per heavy atom. The topological polar surface area (TPSA) is 95.5 Å². The maximum atomic E-state index is 14.1. The number of carbonyl (C=O) groups excluding carboxylic acids is 1. The number of hydrogen-bond donors (Lipinski definition) is 2. The zero-order chi connectivity index (χ0) is 23.8. The van der Waals surface area contributed by atoms with Crippen molar-refractivity contribution in [2.45, 2.75) is 39.0 Å². The van der Waals surface area contributed by atoms with Gasteiger partial charge in [-0.2, -0.15) is 0 Å². The molecule has 9 heteroatoms. The number of rotatable bonds is 4. The van der Waals surface area contributed by atoms with E-state index in [1.165, 1.54) is 6.92 Å². The maximum Gasteiger partial charge on any atom is 0.344 e. The van der Waals surface area contributed by atoms with E-state index in [-0.39, 0.29) is 49.4 Å². The molecule has 2 aromatic heterocycles. The van der Waals surface area contributed by atoms with Gasteiger partial charge in [0.15, 0.2) is 5.75 Å². The highest BCUT2D eigenvalue weighted by atomic mass is 19.3. The van der Waals surface area contributed by atoms with Crippen molar-refractivity contribution in [2.75, 3.05) is 24.6 Å². The molecule has 1 aromatic carbocycles. The van der Waals surface area contributed by atoms with Gasteiger partial charge in [0.25, 0.3) is 0 Å². The molecule has 4 rings (SSSR count). The first-order chi connectivity index (χ1) is 15.7. The van der Waals surface area contributed by atoms with Crippen LogP contribution in [0.3, 0.4) is 0 Å². The lowest BCUT2D eigenvalue weighted by molar-refractivity contribution is -0.0102. The van der Waals surface area contributed by atoms with E-state index < -0.39 is 23.1 Å². The van der Waals surface area contributed by atoms with Crippen molar-refractivity contribution in [1.82, 2.24) is 9.97 Å². The Kier molecular flexibility index (Phi) is 6.05. The Balaban J connectivity index is 1.99. The number of nitrogens with zero attached hydrogens (tertiary/aromatic N) is 2. The summed E-state index contributed by atoms with van der Waals surface area (Å²) in [6, 6.07) is 9.07. The molecule has 3 aromatic rings. The lowest BCUT2D eigenvalue weighted by Gasteiger charge is -2.25.